The predicted octanol–water partition coefficient (Wildman–Crippen LogP) is 2.94. The minimum Gasteiger partial charge on any atom is -0.324 e. The average molecular weight is 297 g/mol. The molecule has 0 heterocycles. The Labute approximate surface area is 110 Å². The SMILES string of the molecule is C/C=C/CCNCC(=O)Nc1ccccc1Br. The number of anilines is 1. The summed E-state index contributed by atoms with van der Waals surface area (Å²) in [4.78, 5) is 11.6. The molecule has 0 saturated heterocycles. The van der Waals surface area contributed by atoms with E-state index < -0.39 is 0 Å². The zero-order valence-corrected chi connectivity index (χ0v) is 11.5. The van der Waals surface area contributed by atoms with E-state index in [9.17, 15) is 4.79 Å². The molecule has 1 rings (SSSR count). The van der Waals surface area contributed by atoms with E-state index in [-0.39, 0.29) is 5.91 Å². The molecule has 0 aliphatic heterocycles. The second kappa shape index (κ2) is 8.03. The Balaban J connectivity index is 2.28. The van der Waals surface area contributed by atoms with Crippen LogP contribution in [0.25, 0.3) is 0 Å². The van der Waals surface area contributed by atoms with Gasteiger partial charge in [-0.15, -0.1) is 0 Å². The van der Waals surface area contributed by atoms with Crippen LogP contribution in [0.15, 0.2) is 40.9 Å². The Morgan fingerprint density at radius 3 is 2.88 bits per heavy atom. The van der Waals surface area contributed by atoms with Crippen LogP contribution in [-0.2, 0) is 4.79 Å². The lowest BCUT2D eigenvalue weighted by Crippen LogP contribution is -2.28. The first-order valence-electron chi connectivity index (χ1n) is 5.60. The molecule has 0 aliphatic rings. The maximum absolute atomic E-state index is 11.6. The van der Waals surface area contributed by atoms with Crippen molar-refractivity contribution in [3.8, 4) is 0 Å². The Morgan fingerprint density at radius 1 is 1.41 bits per heavy atom. The summed E-state index contributed by atoms with van der Waals surface area (Å²) in [5, 5.41) is 5.92. The Kier molecular flexibility index (Phi) is 6.58. The molecule has 0 unspecified atom stereocenters. The minimum atomic E-state index is -0.0302. The molecule has 1 aromatic carbocycles. The van der Waals surface area contributed by atoms with Crippen LogP contribution in [-0.4, -0.2) is 19.0 Å². The number of carbonyl (C=O) groups is 1. The number of amides is 1. The van der Waals surface area contributed by atoms with Gasteiger partial charge in [0.1, 0.15) is 0 Å². The summed E-state index contributed by atoms with van der Waals surface area (Å²) in [6.07, 6.45) is 5.01. The van der Waals surface area contributed by atoms with E-state index >= 15 is 0 Å². The van der Waals surface area contributed by atoms with Crippen LogP contribution in [0, 0.1) is 0 Å². The highest BCUT2D eigenvalue weighted by molar-refractivity contribution is 9.10. The van der Waals surface area contributed by atoms with Crippen LogP contribution in [0.2, 0.25) is 0 Å². The van der Waals surface area contributed by atoms with Crippen LogP contribution in [0.5, 0.6) is 0 Å². The van der Waals surface area contributed by atoms with Gasteiger partial charge in [0.2, 0.25) is 5.91 Å². The summed E-state index contributed by atoms with van der Waals surface area (Å²) in [6.45, 7) is 3.13. The molecule has 0 fully saturated rings. The van der Waals surface area contributed by atoms with Crippen molar-refractivity contribution in [2.24, 2.45) is 0 Å². The number of benzene rings is 1. The molecule has 0 spiro atoms. The number of nitrogens with one attached hydrogen (secondary N) is 2. The normalized spacial score (nSPS) is 10.7. The van der Waals surface area contributed by atoms with Crippen molar-refractivity contribution in [3.63, 3.8) is 0 Å². The van der Waals surface area contributed by atoms with Crippen LogP contribution in [0.3, 0.4) is 0 Å². The summed E-state index contributed by atoms with van der Waals surface area (Å²) in [7, 11) is 0. The first kappa shape index (κ1) is 13.9. The third-order valence-corrected chi connectivity index (χ3v) is 2.85. The summed E-state index contributed by atoms with van der Waals surface area (Å²) >= 11 is 3.38. The zero-order chi connectivity index (χ0) is 12.5. The maximum atomic E-state index is 11.6. The van der Waals surface area contributed by atoms with Crippen molar-refractivity contribution >= 4 is 27.5 Å². The quantitative estimate of drug-likeness (QED) is 0.626. The molecule has 0 aliphatic carbocycles. The number of halogens is 1. The molecule has 92 valence electrons. The summed E-state index contributed by atoms with van der Waals surface area (Å²) in [5.74, 6) is -0.0302. The van der Waals surface area contributed by atoms with Crippen LogP contribution >= 0.6 is 15.9 Å². The standard InChI is InChI=1S/C13H17BrN2O/c1-2-3-6-9-15-10-13(17)16-12-8-5-4-7-11(12)14/h2-5,7-8,15H,6,9-10H2,1H3,(H,16,17)/b3-2+. The van der Waals surface area contributed by atoms with Gasteiger partial charge in [-0.3, -0.25) is 4.79 Å². The zero-order valence-electron chi connectivity index (χ0n) is 9.87. The van der Waals surface area contributed by atoms with Gasteiger partial charge in [-0.2, -0.15) is 0 Å². The molecular formula is C13H17BrN2O. The molecule has 0 aromatic heterocycles. The highest BCUT2D eigenvalue weighted by atomic mass is 79.9. The largest absolute Gasteiger partial charge is 0.324 e. The molecule has 2 N–H and O–H groups in total. The number of allylic oxidation sites excluding steroid dienone is 1. The number of para-hydroxylation sites is 1. The van der Waals surface area contributed by atoms with Crippen LogP contribution < -0.4 is 10.6 Å². The number of hydrogen-bond acceptors (Lipinski definition) is 2. The number of carbonyl (C=O) groups excluding carboxylic acids is 1. The monoisotopic (exact) mass is 296 g/mol. The summed E-state index contributed by atoms with van der Waals surface area (Å²) < 4.78 is 0.891. The molecule has 3 nitrogen and oxygen atoms in total. The van der Waals surface area contributed by atoms with E-state index in [0.717, 1.165) is 23.1 Å². The Hall–Kier alpha value is -1.13. The lowest BCUT2D eigenvalue weighted by atomic mass is 10.3. The van der Waals surface area contributed by atoms with Gasteiger partial charge in [0.25, 0.3) is 0 Å². The molecule has 1 amide bonds. The second-order valence-corrected chi connectivity index (χ2v) is 4.42. The van der Waals surface area contributed by atoms with Gasteiger partial charge in [-0.1, -0.05) is 24.3 Å². The number of rotatable bonds is 6. The smallest absolute Gasteiger partial charge is 0.238 e. The van der Waals surface area contributed by atoms with Gasteiger partial charge in [0.05, 0.1) is 12.2 Å². The van der Waals surface area contributed by atoms with Crippen molar-refractivity contribution in [1.29, 1.82) is 0 Å². The van der Waals surface area contributed by atoms with E-state index in [1.165, 1.54) is 0 Å². The van der Waals surface area contributed by atoms with Crippen LogP contribution in [0.1, 0.15) is 13.3 Å². The summed E-state index contributed by atoms with van der Waals surface area (Å²) in [6, 6.07) is 7.56. The first-order valence-corrected chi connectivity index (χ1v) is 6.39. The molecule has 0 saturated carbocycles. The fraction of sp³-hybridized carbons (Fsp3) is 0.308. The van der Waals surface area contributed by atoms with E-state index in [1.807, 2.05) is 37.3 Å². The third kappa shape index (κ3) is 5.65. The van der Waals surface area contributed by atoms with Crippen molar-refractivity contribution in [2.45, 2.75) is 13.3 Å². The molecular weight excluding hydrogens is 280 g/mol. The fourth-order valence-electron chi connectivity index (χ4n) is 1.31. The molecule has 4 heteroatoms. The van der Waals surface area contributed by atoms with Crippen LogP contribution in [0.4, 0.5) is 5.69 Å². The topological polar surface area (TPSA) is 41.1 Å². The highest BCUT2D eigenvalue weighted by Gasteiger charge is 2.03. The van der Waals surface area contributed by atoms with Gasteiger partial charge in [-0.25, -0.2) is 0 Å². The van der Waals surface area contributed by atoms with Gasteiger partial charge in [0.15, 0.2) is 0 Å². The van der Waals surface area contributed by atoms with Crippen molar-refractivity contribution < 1.29 is 4.79 Å². The second-order valence-electron chi connectivity index (χ2n) is 3.56. The van der Waals surface area contributed by atoms with Gasteiger partial charge in [0, 0.05) is 4.47 Å². The molecule has 17 heavy (non-hydrogen) atoms. The van der Waals surface area contributed by atoms with Gasteiger partial charge < -0.3 is 10.6 Å². The maximum Gasteiger partial charge on any atom is 0.238 e. The van der Waals surface area contributed by atoms with Gasteiger partial charge in [-0.05, 0) is 48.0 Å². The molecule has 0 radical (unpaired) electrons. The van der Waals surface area contributed by atoms with E-state index in [4.69, 9.17) is 0 Å². The molecule has 1 aromatic rings. The fourth-order valence-corrected chi connectivity index (χ4v) is 1.69. The van der Waals surface area contributed by atoms with Crippen molar-refractivity contribution in [3.05, 3.63) is 40.9 Å². The van der Waals surface area contributed by atoms with Crippen molar-refractivity contribution in [2.75, 3.05) is 18.4 Å². The van der Waals surface area contributed by atoms with E-state index in [1.54, 1.807) is 0 Å². The molecule has 0 atom stereocenters. The van der Waals surface area contributed by atoms with E-state index in [0.29, 0.717) is 6.54 Å². The highest BCUT2D eigenvalue weighted by Crippen LogP contribution is 2.20. The lowest BCUT2D eigenvalue weighted by molar-refractivity contribution is -0.115. The van der Waals surface area contributed by atoms with E-state index in [2.05, 4.69) is 32.6 Å². The first-order chi connectivity index (χ1) is 8.24. The lowest BCUT2D eigenvalue weighted by Gasteiger charge is -2.07. The Morgan fingerprint density at radius 2 is 2.18 bits per heavy atom. The van der Waals surface area contributed by atoms with Gasteiger partial charge >= 0.3 is 0 Å². The molecule has 0 bridgehead atoms. The van der Waals surface area contributed by atoms with Crippen molar-refractivity contribution in [1.82, 2.24) is 5.32 Å². The average Bonchev–Trinajstić information content (AvgIpc) is 2.32. The minimum absolute atomic E-state index is 0.0302. The number of hydrogen-bond donors (Lipinski definition) is 2. The summed E-state index contributed by atoms with van der Waals surface area (Å²) in [5.41, 5.74) is 0.799. The third-order valence-electron chi connectivity index (χ3n) is 2.16. The Bertz CT molecular complexity index is 391. The predicted molar refractivity (Wildman–Crippen MR) is 75.1 cm³/mol.